The third-order valence-corrected chi connectivity index (χ3v) is 2.22. The quantitative estimate of drug-likeness (QED) is 0.658. The lowest BCUT2D eigenvalue weighted by Crippen LogP contribution is -2.14. The fraction of sp³-hybridized carbons (Fsp3) is 0.222. The van der Waals surface area contributed by atoms with Gasteiger partial charge in [-0.2, -0.15) is 0 Å². The number of rotatable bonds is 5. The molecule has 16 heavy (non-hydrogen) atoms. The monoisotopic (exact) mass is 288 g/mol. The third kappa shape index (κ3) is 3.50. The fourth-order valence-electron chi connectivity index (χ4n) is 1.02. The number of hydrogen-bond donors (Lipinski definition) is 1. The van der Waals surface area contributed by atoms with E-state index >= 15 is 0 Å². The van der Waals surface area contributed by atoms with Crippen molar-refractivity contribution in [3.05, 3.63) is 32.8 Å². The number of amides is 1. The lowest BCUT2D eigenvalue weighted by molar-refractivity contribution is -0.385. The molecule has 0 aliphatic rings. The average Bonchev–Trinajstić information content (AvgIpc) is 2.19. The van der Waals surface area contributed by atoms with Crippen LogP contribution in [0, 0.1) is 10.1 Å². The van der Waals surface area contributed by atoms with E-state index in [0.29, 0.717) is 4.47 Å². The minimum Gasteiger partial charge on any atom is -0.486 e. The van der Waals surface area contributed by atoms with Crippen molar-refractivity contribution in [2.45, 2.75) is 6.42 Å². The van der Waals surface area contributed by atoms with Crippen molar-refractivity contribution >= 4 is 27.5 Å². The number of hydrogen-bond acceptors (Lipinski definition) is 4. The first-order valence-electron chi connectivity index (χ1n) is 4.35. The first kappa shape index (κ1) is 12.4. The Morgan fingerprint density at radius 3 is 2.81 bits per heavy atom. The average molecular weight is 289 g/mol. The van der Waals surface area contributed by atoms with Gasteiger partial charge in [-0.15, -0.1) is 0 Å². The Kier molecular flexibility index (Phi) is 4.24. The Balaban J connectivity index is 2.78. The van der Waals surface area contributed by atoms with Crippen molar-refractivity contribution in [1.29, 1.82) is 0 Å². The van der Waals surface area contributed by atoms with E-state index in [0.717, 1.165) is 0 Å². The summed E-state index contributed by atoms with van der Waals surface area (Å²) in [5.74, 6) is -0.394. The molecule has 0 aliphatic heterocycles. The van der Waals surface area contributed by atoms with Gasteiger partial charge in [-0.05, 0) is 12.1 Å². The molecule has 0 radical (unpaired) electrons. The molecule has 2 N–H and O–H groups in total. The van der Waals surface area contributed by atoms with Crippen LogP contribution in [-0.2, 0) is 4.79 Å². The van der Waals surface area contributed by atoms with Crippen LogP contribution in [0.3, 0.4) is 0 Å². The summed E-state index contributed by atoms with van der Waals surface area (Å²) in [6, 6.07) is 4.41. The number of carbonyl (C=O) groups excluding carboxylic acids is 1. The molecule has 0 fully saturated rings. The zero-order chi connectivity index (χ0) is 12.1. The van der Waals surface area contributed by atoms with Gasteiger partial charge in [0.05, 0.1) is 18.0 Å². The summed E-state index contributed by atoms with van der Waals surface area (Å²) in [6.07, 6.45) is 0.0210. The molecule has 0 saturated heterocycles. The van der Waals surface area contributed by atoms with Crippen molar-refractivity contribution < 1.29 is 14.5 Å². The Morgan fingerprint density at radius 2 is 2.25 bits per heavy atom. The van der Waals surface area contributed by atoms with Crippen LogP contribution in [0.1, 0.15) is 6.42 Å². The predicted molar refractivity (Wildman–Crippen MR) is 60.1 cm³/mol. The molecule has 0 heterocycles. The molecule has 0 unspecified atom stereocenters. The zero-order valence-electron chi connectivity index (χ0n) is 8.18. The second-order valence-electron chi connectivity index (χ2n) is 2.93. The Bertz CT molecular complexity index is 422. The van der Waals surface area contributed by atoms with E-state index in [1.54, 1.807) is 6.07 Å². The highest BCUT2D eigenvalue weighted by Gasteiger charge is 2.15. The molecule has 1 aromatic rings. The molecule has 7 heteroatoms. The lowest BCUT2D eigenvalue weighted by atomic mass is 10.3. The summed E-state index contributed by atoms with van der Waals surface area (Å²) in [4.78, 5) is 20.6. The van der Waals surface area contributed by atoms with E-state index in [-0.39, 0.29) is 24.5 Å². The van der Waals surface area contributed by atoms with E-state index in [1.165, 1.54) is 12.1 Å². The van der Waals surface area contributed by atoms with Crippen LogP contribution in [0.15, 0.2) is 22.7 Å². The van der Waals surface area contributed by atoms with Gasteiger partial charge in [-0.3, -0.25) is 14.9 Å². The summed E-state index contributed by atoms with van der Waals surface area (Å²) in [5.41, 5.74) is 4.76. The van der Waals surface area contributed by atoms with Crippen LogP contribution >= 0.6 is 15.9 Å². The highest BCUT2D eigenvalue weighted by Crippen LogP contribution is 2.29. The van der Waals surface area contributed by atoms with Crippen molar-refractivity contribution in [3.8, 4) is 5.75 Å². The van der Waals surface area contributed by atoms with Gasteiger partial charge in [0.25, 0.3) is 0 Å². The summed E-state index contributed by atoms with van der Waals surface area (Å²) in [5, 5.41) is 10.7. The molecular weight excluding hydrogens is 280 g/mol. The molecule has 0 bridgehead atoms. The number of nitro benzene ring substituents is 1. The van der Waals surface area contributed by atoms with Gasteiger partial charge < -0.3 is 10.5 Å². The van der Waals surface area contributed by atoms with Crippen LogP contribution in [0.4, 0.5) is 5.69 Å². The van der Waals surface area contributed by atoms with Gasteiger partial charge in [-0.25, -0.2) is 0 Å². The Hall–Kier alpha value is -1.63. The molecule has 0 aliphatic carbocycles. The van der Waals surface area contributed by atoms with Gasteiger partial charge in [0.1, 0.15) is 0 Å². The lowest BCUT2D eigenvalue weighted by Gasteiger charge is -2.05. The van der Waals surface area contributed by atoms with Crippen LogP contribution < -0.4 is 10.5 Å². The highest BCUT2D eigenvalue weighted by molar-refractivity contribution is 9.10. The molecule has 0 spiro atoms. The SMILES string of the molecule is NC(=O)CCOc1ccc(Br)cc1[N+](=O)[O-]. The van der Waals surface area contributed by atoms with Crippen molar-refractivity contribution in [2.75, 3.05) is 6.61 Å². The van der Waals surface area contributed by atoms with Crippen molar-refractivity contribution in [1.82, 2.24) is 0 Å². The number of nitrogens with zero attached hydrogens (tertiary/aromatic N) is 1. The predicted octanol–water partition coefficient (Wildman–Crippen LogP) is 1.61. The summed E-state index contributed by atoms with van der Waals surface area (Å²) < 4.78 is 5.69. The minimum absolute atomic E-state index is 0.0210. The standard InChI is InChI=1S/C9H9BrN2O4/c10-6-1-2-8(7(5-6)12(14)15)16-4-3-9(11)13/h1-2,5H,3-4H2,(H2,11,13). The van der Waals surface area contributed by atoms with E-state index in [4.69, 9.17) is 10.5 Å². The van der Waals surface area contributed by atoms with Crippen molar-refractivity contribution in [2.24, 2.45) is 5.73 Å². The van der Waals surface area contributed by atoms with Gasteiger partial charge in [0.15, 0.2) is 5.75 Å². The van der Waals surface area contributed by atoms with E-state index < -0.39 is 10.8 Å². The van der Waals surface area contributed by atoms with Crippen LogP contribution in [0.2, 0.25) is 0 Å². The molecule has 0 atom stereocenters. The molecule has 0 aromatic heterocycles. The maximum atomic E-state index is 10.7. The Morgan fingerprint density at radius 1 is 1.56 bits per heavy atom. The van der Waals surface area contributed by atoms with Crippen LogP contribution in [0.5, 0.6) is 5.75 Å². The van der Waals surface area contributed by atoms with E-state index in [1.807, 2.05) is 0 Å². The molecule has 86 valence electrons. The number of primary amides is 1. The number of ether oxygens (including phenoxy) is 1. The first-order chi connectivity index (χ1) is 7.50. The molecule has 1 aromatic carbocycles. The number of nitrogens with two attached hydrogens (primary N) is 1. The minimum atomic E-state index is -0.551. The maximum Gasteiger partial charge on any atom is 0.312 e. The topological polar surface area (TPSA) is 95.5 Å². The largest absolute Gasteiger partial charge is 0.486 e. The van der Waals surface area contributed by atoms with Gasteiger partial charge in [0, 0.05) is 10.5 Å². The maximum absolute atomic E-state index is 10.7. The van der Waals surface area contributed by atoms with Gasteiger partial charge >= 0.3 is 5.69 Å². The van der Waals surface area contributed by atoms with E-state index in [2.05, 4.69) is 15.9 Å². The molecule has 1 rings (SSSR count). The third-order valence-electron chi connectivity index (χ3n) is 1.72. The van der Waals surface area contributed by atoms with Crippen LogP contribution in [-0.4, -0.2) is 17.4 Å². The molecule has 1 amide bonds. The zero-order valence-corrected chi connectivity index (χ0v) is 9.77. The second kappa shape index (κ2) is 5.45. The number of carbonyl (C=O) groups is 1. The normalized spacial score (nSPS) is 9.81. The van der Waals surface area contributed by atoms with Gasteiger partial charge in [0.2, 0.25) is 5.91 Å². The molecular formula is C9H9BrN2O4. The molecule has 0 saturated carbocycles. The van der Waals surface area contributed by atoms with Crippen molar-refractivity contribution in [3.63, 3.8) is 0 Å². The molecule has 6 nitrogen and oxygen atoms in total. The highest BCUT2D eigenvalue weighted by atomic mass is 79.9. The van der Waals surface area contributed by atoms with Crippen LogP contribution in [0.25, 0.3) is 0 Å². The fourth-order valence-corrected chi connectivity index (χ4v) is 1.37. The number of benzene rings is 1. The second-order valence-corrected chi connectivity index (χ2v) is 3.85. The summed E-state index contributed by atoms with van der Waals surface area (Å²) in [6.45, 7) is 0.0256. The number of halogens is 1. The van der Waals surface area contributed by atoms with Gasteiger partial charge in [-0.1, -0.05) is 15.9 Å². The summed E-state index contributed by atoms with van der Waals surface area (Å²) in [7, 11) is 0. The van der Waals surface area contributed by atoms with E-state index in [9.17, 15) is 14.9 Å². The summed E-state index contributed by atoms with van der Waals surface area (Å²) >= 11 is 3.12. The smallest absolute Gasteiger partial charge is 0.312 e. The first-order valence-corrected chi connectivity index (χ1v) is 5.15. The number of nitro groups is 1. The Labute approximate surface area is 99.7 Å².